The zero-order chi connectivity index (χ0) is 14.2. The van der Waals surface area contributed by atoms with Crippen LogP contribution in [-0.4, -0.2) is 39.5 Å². The molecule has 5 nitrogen and oxygen atoms in total. The Morgan fingerprint density at radius 1 is 1.47 bits per heavy atom. The van der Waals surface area contributed by atoms with Gasteiger partial charge in [0.25, 0.3) is 5.91 Å². The number of nitrogens with zero attached hydrogens (tertiary/aromatic N) is 2. The molecular formula is C13H18N2O3S. The van der Waals surface area contributed by atoms with E-state index < -0.39 is 11.9 Å². The van der Waals surface area contributed by atoms with E-state index in [1.807, 2.05) is 13.8 Å². The van der Waals surface area contributed by atoms with Gasteiger partial charge in [0.05, 0.1) is 16.6 Å². The van der Waals surface area contributed by atoms with Crippen LogP contribution in [-0.2, 0) is 4.79 Å². The molecule has 0 aromatic carbocycles. The molecule has 0 bridgehead atoms. The molecule has 104 valence electrons. The van der Waals surface area contributed by atoms with E-state index in [0.29, 0.717) is 4.88 Å². The van der Waals surface area contributed by atoms with Crippen molar-refractivity contribution in [2.75, 3.05) is 6.54 Å². The summed E-state index contributed by atoms with van der Waals surface area (Å²) in [5.74, 6) is -1.48. The monoisotopic (exact) mass is 282 g/mol. The average Bonchev–Trinajstić information content (AvgIpc) is 3.10. The van der Waals surface area contributed by atoms with Crippen molar-refractivity contribution in [2.24, 2.45) is 5.92 Å². The smallest absolute Gasteiger partial charge is 0.308 e. The number of rotatable bonds is 5. The van der Waals surface area contributed by atoms with Crippen molar-refractivity contribution in [2.45, 2.75) is 39.7 Å². The molecule has 0 radical (unpaired) electrons. The summed E-state index contributed by atoms with van der Waals surface area (Å²) in [5, 5.41) is 9.86. The maximum absolute atomic E-state index is 12.5. The van der Waals surface area contributed by atoms with Crippen molar-refractivity contribution in [3.8, 4) is 0 Å². The van der Waals surface area contributed by atoms with Gasteiger partial charge in [-0.1, -0.05) is 6.92 Å². The van der Waals surface area contributed by atoms with Crippen LogP contribution in [0, 0.1) is 19.8 Å². The van der Waals surface area contributed by atoms with Gasteiger partial charge >= 0.3 is 5.97 Å². The number of carbonyl (C=O) groups excluding carboxylic acids is 1. The Morgan fingerprint density at radius 2 is 2.11 bits per heavy atom. The minimum absolute atomic E-state index is 0.0706. The van der Waals surface area contributed by atoms with Gasteiger partial charge in [-0.3, -0.25) is 9.59 Å². The second-order valence-corrected chi connectivity index (χ2v) is 6.28. The van der Waals surface area contributed by atoms with Crippen molar-refractivity contribution in [3.63, 3.8) is 0 Å². The van der Waals surface area contributed by atoms with Gasteiger partial charge in [0, 0.05) is 12.6 Å². The fraction of sp³-hybridized carbons (Fsp3) is 0.615. The van der Waals surface area contributed by atoms with Gasteiger partial charge < -0.3 is 10.0 Å². The first-order valence-electron chi connectivity index (χ1n) is 6.38. The fourth-order valence-electron chi connectivity index (χ4n) is 2.02. The van der Waals surface area contributed by atoms with Gasteiger partial charge in [0.15, 0.2) is 0 Å². The van der Waals surface area contributed by atoms with Crippen LogP contribution in [0.2, 0.25) is 0 Å². The Labute approximate surface area is 116 Å². The summed E-state index contributed by atoms with van der Waals surface area (Å²) in [7, 11) is 0. The van der Waals surface area contributed by atoms with E-state index in [0.717, 1.165) is 23.5 Å². The lowest BCUT2D eigenvalue weighted by Crippen LogP contribution is -2.38. The fourth-order valence-corrected chi connectivity index (χ4v) is 2.89. The van der Waals surface area contributed by atoms with Crippen molar-refractivity contribution in [3.05, 3.63) is 15.6 Å². The van der Waals surface area contributed by atoms with E-state index in [1.54, 1.807) is 11.8 Å². The van der Waals surface area contributed by atoms with Gasteiger partial charge in [-0.25, -0.2) is 4.98 Å². The minimum Gasteiger partial charge on any atom is -0.481 e. The normalized spacial score (nSPS) is 16.2. The summed E-state index contributed by atoms with van der Waals surface area (Å²) in [4.78, 5) is 30.1. The second kappa shape index (κ2) is 5.28. The Morgan fingerprint density at radius 3 is 2.53 bits per heavy atom. The van der Waals surface area contributed by atoms with Crippen LogP contribution in [0.5, 0.6) is 0 Å². The molecular weight excluding hydrogens is 264 g/mol. The Kier molecular flexibility index (Phi) is 3.89. The molecule has 0 saturated heterocycles. The molecule has 0 spiro atoms. The third-order valence-electron chi connectivity index (χ3n) is 3.24. The number of thiazole rings is 1. The summed E-state index contributed by atoms with van der Waals surface area (Å²) in [6.07, 6.45) is 1.93. The first kappa shape index (κ1) is 14.0. The molecule has 1 N–H and O–H groups in total. The van der Waals surface area contributed by atoms with Gasteiger partial charge in [-0.05, 0) is 26.7 Å². The number of amides is 1. The lowest BCUT2D eigenvalue weighted by molar-refractivity contribution is -0.141. The SMILES string of the molecule is Cc1nc(C)c(C(=O)N(C[C@@H](C)C(=O)O)C2CC2)s1. The Balaban J connectivity index is 2.17. The first-order valence-corrected chi connectivity index (χ1v) is 7.19. The highest BCUT2D eigenvalue weighted by atomic mass is 32.1. The van der Waals surface area contributed by atoms with Crippen LogP contribution >= 0.6 is 11.3 Å². The lowest BCUT2D eigenvalue weighted by atomic mass is 10.1. The van der Waals surface area contributed by atoms with Crippen LogP contribution < -0.4 is 0 Å². The largest absolute Gasteiger partial charge is 0.481 e. The van der Waals surface area contributed by atoms with Crippen LogP contribution in [0.3, 0.4) is 0 Å². The zero-order valence-corrected chi connectivity index (χ0v) is 12.2. The molecule has 1 fully saturated rings. The highest BCUT2D eigenvalue weighted by Crippen LogP contribution is 2.31. The number of carboxylic acid groups (broad SMARTS) is 1. The maximum Gasteiger partial charge on any atom is 0.308 e. The summed E-state index contributed by atoms with van der Waals surface area (Å²) in [6.45, 7) is 5.60. The number of aliphatic carboxylic acids is 1. The van der Waals surface area contributed by atoms with Crippen LogP contribution in [0.1, 0.15) is 40.1 Å². The summed E-state index contributed by atoms with van der Waals surface area (Å²) in [5.41, 5.74) is 0.737. The molecule has 0 unspecified atom stereocenters. The van der Waals surface area contributed by atoms with Crippen molar-refractivity contribution in [1.29, 1.82) is 0 Å². The lowest BCUT2D eigenvalue weighted by Gasteiger charge is -2.23. The van der Waals surface area contributed by atoms with E-state index in [1.165, 1.54) is 11.3 Å². The Hall–Kier alpha value is -1.43. The van der Waals surface area contributed by atoms with E-state index in [4.69, 9.17) is 5.11 Å². The molecule has 1 saturated carbocycles. The Bertz CT molecular complexity index is 508. The topological polar surface area (TPSA) is 70.5 Å². The predicted octanol–water partition coefficient (Wildman–Crippen LogP) is 2.09. The molecule has 1 aliphatic carbocycles. The number of carboxylic acids is 1. The molecule has 6 heteroatoms. The molecule has 1 heterocycles. The summed E-state index contributed by atoms with van der Waals surface area (Å²) < 4.78 is 0. The van der Waals surface area contributed by atoms with E-state index in [9.17, 15) is 9.59 Å². The molecule has 1 atom stereocenters. The van der Waals surface area contributed by atoms with Gasteiger partial charge in [0.2, 0.25) is 0 Å². The highest BCUT2D eigenvalue weighted by Gasteiger charge is 2.36. The quantitative estimate of drug-likeness (QED) is 0.897. The number of carbonyl (C=O) groups is 2. The third-order valence-corrected chi connectivity index (χ3v) is 4.30. The average molecular weight is 282 g/mol. The zero-order valence-electron chi connectivity index (χ0n) is 11.3. The van der Waals surface area contributed by atoms with E-state index in [-0.39, 0.29) is 18.5 Å². The number of hydrogen-bond acceptors (Lipinski definition) is 4. The standard InChI is InChI=1S/C13H18N2O3S/c1-7(13(17)18)6-15(10-4-5-10)12(16)11-8(2)14-9(3)19-11/h7,10H,4-6H2,1-3H3,(H,17,18)/t7-/m1/s1. The predicted molar refractivity (Wildman–Crippen MR) is 72.4 cm³/mol. The molecule has 19 heavy (non-hydrogen) atoms. The first-order chi connectivity index (χ1) is 8.90. The highest BCUT2D eigenvalue weighted by molar-refractivity contribution is 7.13. The van der Waals surface area contributed by atoms with Gasteiger partial charge in [-0.2, -0.15) is 0 Å². The van der Waals surface area contributed by atoms with Crippen LogP contribution in [0.25, 0.3) is 0 Å². The molecule has 1 aliphatic rings. The van der Waals surface area contributed by atoms with Crippen molar-refractivity contribution >= 4 is 23.2 Å². The molecule has 2 rings (SSSR count). The minimum atomic E-state index is -0.865. The van der Waals surface area contributed by atoms with Crippen LogP contribution in [0.4, 0.5) is 0 Å². The van der Waals surface area contributed by atoms with E-state index in [2.05, 4.69) is 4.98 Å². The number of aromatic nitrogens is 1. The van der Waals surface area contributed by atoms with Gasteiger partial charge in [-0.15, -0.1) is 11.3 Å². The maximum atomic E-state index is 12.5. The molecule has 0 aliphatic heterocycles. The van der Waals surface area contributed by atoms with E-state index >= 15 is 0 Å². The summed E-state index contributed by atoms with van der Waals surface area (Å²) >= 11 is 1.38. The molecule has 1 aromatic rings. The van der Waals surface area contributed by atoms with Gasteiger partial charge in [0.1, 0.15) is 4.88 Å². The molecule has 1 aromatic heterocycles. The molecule has 1 amide bonds. The second-order valence-electron chi connectivity index (χ2n) is 5.08. The number of hydrogen-bond donors (Lipinski definition) is 1. The van der Waals surface area contributed by atoms with Crippen molar-refractivity contribution in [1.82, 2.24) is 9.88 Å². The van der Waals surface area contributed by atoms with Crippen molar-refractivity contribution < 1.29 is 14.7 Å². The third kappa shape index (κ3) is 3.12. The summed E-state index contributed by atoms with van der Waals surface area (Å²) in [6, 6.07) is 0.205. The number of aryl methyl sites for hydroxylation is 2. The van der Waals surface area contributed by atoms with Crippen LogP contribution in [0.15, 0.2) is 0 Å².